The van der Waals surface area contributed by atoms with E-state index >= 15 is 0 Å². The second-order valence-corrected chi connectivity index (χ2v) is 8.20. The van der Waals surface area contributed by atoms with Crippen LogP contribution in [-0.2, 0) is 13.0 Å². The Balaban J connectivity index is 1.80. The molecule has 0 saturated heterocycles. The molecule has 5 nitrogen and oxygen atoms in total. The molecule has 1 N–H and O–H groups in total. The highest BCUT2D eigenvalue weighted by Crippen LogP contribution is 2.25. The van der Waals surface area contributed by atoms with E-state index in [1.54, 1.807) is 12.1 Å². The molecule has 164 valence electrons. The number of carboxylic acid groups (broad SMARTS) is 1. The number of rotatable bonds is 11. The van der Waals surface area contributed by atoms with E-state index in [1.165, 1.54) is 19.3 Å². The van der Waals surface area contributed by atoms with Crippen LogP contribution in [0, 0.1) is 0 Å². The van der Waals surface area contributed by atoms with Gasteiger partial charge in [-0.15, -0.1) is 0 Å². The van der Waals surface area contributed by atoms with Crippen LogP contribution in [-0.4, -0.2) is 25.8 Å². The third kappa shape index (κ3) is 5.81. The number of aromatic nitrogens is 3. The van der Waals surface area contributed by atoms with Gasteiger partial charge in [0.1, 0.15) is 5.82 Å². The van der Waals surface area contributed by atoms with Gasteiger partial charge in [0, 0.05) is 18.9 Å². The molecular weight excluding hydrogens is 386 g/mol. The van der Waals surface area contributed by atoms with Crippen molar-refractivity contribution in [2.24, 2.45) is 0 Å². The fourth-order valence-corrected chi connectivity index (χ4v) is 3.69. The second-order valence-electron chi connectivity index (χ2n) is 8.20. The number of aromatic carboxylic acids is 1. The number of nitrogens with zero attached hydrogens (tertiary/aromatic N) is 3. The molecule has 5 heteroatoms. The zero-order valence-corrected chi connectivity index (χ0v) is 18.8. The number of benzene rings is 2. The summed E-state index contributed by atoms with van der Waals surface area (Å²) in [4.78, 5) is 16.4. The van der Waals surface area contributed by atoms with Gasteiger partial charge in [-0.1, -0.05) is 82.5 Å². The monoisotopic (exact) mass is 419 g/mol. The Bertz CT molecular complexity index is 992. The Morgan fingerprint density at radius 1 is 1.03 bits per heavy atom. The molecule has 0 saturated carbocycles. The van der Waals surface area contributed by atoms with E-state index in [1.807, 2.05) is 24.3 Å². The maximum absolute atomic E-state index is 11.5. The second kappa shape index (κ2) is 10.9. The van der Waals surface area contributed by atoms with Crippen LogP contribution in [0.2, 0.25) is 0 Å². The molecule has 0 aliphatic rings. The molecule has 0 spiro atoms. The average molecular weight is 420 g/mol. The topological polar surface area (TPSA) is 68.0 Å². The summed E-state index contributed by atoms with van der Waals surface area (Å²) in [5.41, 5.74) is 3.11. The summed E-state index contributed by atoms with van der Waals surface area (Å²) in [7, 11) is 0. The maximum Gasteiger partial charge on any atom is 0.336 e. The van der Waals surface area contributed by atoms with Gasteiger partial charge in [-0.25, -0.2) is 14.5 Å². The summed E-state index contributed by atoms with van der Waals surface area (Å²) in [5, 5.41) is 14.3. The van der Waals surface area contributed by atoms with Crippen molar-refractivity contribution in [2.75, 3.05) is 0 Å². The average Bonchev–Trinajstić information content (AvgIpc) is 3.19. The van der Waals surface area contributed by atoms with E-state index in [0.717, 1.165) is 54.1 Å². The Morgan fingerprint density at radius 3 is 2.45 bits per heavy atom. The lowest BCUT2D eigenvalue weighted by Gasteiger charge is -2.08. The summed E-state index contributed by atoms with van der Waals surface area (Å²) in [6.07, 6.45) is 6.55. The van der Waals surface area contributed by atoms with E-state index in [2.05, 4.69) is 37.6 Å². The van der Waals surface area contributed by atoms with Crippen LogP contribution in [0.1, 0.15) is 86.4 Å². The summed E-state index contributed by atoms with van der Waals surface area (Å²) in [6, 6.07) is 15.2. The van der Waals surface area contributed by atoms with Gasteiger partial charge in [0.15, 0.2) is 5.82 Å². The van der Waals surface area contributed by atoms with Gasteiger partial charge in [-0.05, 0) is 35.6 Å². The first-order valence-electron chi connectivity index (χ1n) is 11.4. The highest BCUT2D eigenvalue weighted by atomic mass is 16.4. The summed E-state index contributed by atoms with van der Waals surface area (Å²) in [5.74, 6) is 1.38. The SMILES string of the molecule is CCCCCCn1nc(C(C)CC)nc1Cc1ccc(-c2ccccc2C(=O)O)cc1. The van der Waals surface area contributed by atoms with Gasteiger partial charge in [0.25, 0.3) is 0 Å². The van der Waals surface area contributed by atoms with Crippen molar-refractivity contribution in [3.05, 3.63) is 71.3 Å². The molecule has 0 fully saturated rings. The minimum Gasteiger partial charge on any atom is -0.478 e. The zero-order chi connectivity index (χ0) is 22.2. The van der Waals surface area contributed by atoms with Gasteiger partial charge in [0.2, 0.25) is 0 Å². The van der Waals surface area contributed by atoms with Crippen molar-refractivity contribution in [3.63, 3.8) is 0 Å². The molecule has 0 radical (unpaired) electrons. The minimum absolute atomic E-state index is 0.320. The van der Waals surface area contributed by atoms with Crippen LogP contribution in [0.25, 0.3) is 11.1 Å². The predicted molar refractivity (Wildman–Crippen MR) is 125 cm³/mol. The highest BCUT2D eigenvalue weighted by molar-refractivity contribution is 5.95. The first kappa shape index (κ1) is 22.7. The smallest absolute Gasteiger partial charge is 0.336 e. The molecule has 3 rings (SSSR count). The number of carbonyl (C=O) groups is 1. The molecule has 1 atom stereocenters. The third-order valence-corrected chi connectivity index (χ3v) is 5.83. The van der Waals surface area contributed by atoms with E-state index in [-0.39, 0.29) is 0 Å². The molecule has 0 aliphatic heterocycles. The van der Waals surface area contributed by atoms with Gasteiger partial charge in [-0.3, -0.25) is 0 Å². The van der Waals surface area contributed by atoms with Gasteiger partial charge in [0.05, 0.1) is 5.56 Å². The normalized spacial score (nSPS) is 12.1. The van der Waals surface area contributed by atoms with Crippen LogP contribution in [0.5, 0.6) is 0 Å². The Morgan fingerprint density at radius 2 is 1.77 bits per heavy atom. The number of carboxylic acids is 1. The van der Waals surface area contributed by atoms with Crippen molar-refractivity contribution in [2.45, 2.75) is 71.8 Å². The summed E-state index contributed by atoms with van der Waals surface area (Å²) < 4.78 is 2.09. The van der Waals surface area contributed by atoms with Crippen molar-refractivity contribution in [3.8, 4) is 11.1 Å². The van der Waals surface area contributed by atoms with E-state index in [9.17, 15) is 9.90 Å². The van der Waals surface area contributed by atoms with Gasteiger partial charge < -0.3 is 5.11 Å². The zero-order valence-electron chi connectivity index (χ0n) is 18.8. The molecule has 0 aliphatic carbocycles. The number of aryl methyl sites for hydroxylation is 1. The van der Waals surface area contributed by atoms with Crippen molar-refractivity contribution in [1.82, 2.24) is 14.8 Å². The molecule has 2 aromatic carbocycles. The van der Waals surface area contributed by atoms with Crippen molar-refractivity contribution in [1.29, 1.82) is 0 Å². The lowest BCUT2D eigenvalue weighted by atomic mass is 9.98. The fourth-order valence-electron chi connectivity index (χ4n) is 3.69. The first-order valence-corrected chi connectivity index (χ1v) is 11.4. The molecule has 1 aromatic heterocycles. The van der Waals surface area contributed by atoms with Crippen LogP contribution in [0.15, 0.2) is 48.5 Å². The number of hydrogen-bond acceptors (Lipinski definition) is 3. The molecule has 0 amide bonds. The van der Waals surface area contributed by atoms with E-state index < -0.39 is 5.97 Å². The third-order valence-electron chi connectivity index (χ3n) is 5.83. The molecule has 3 aromatic rings. The van der Waals surface area contributed by atoms with Crippen LogP contribution in [0.3, 0.4) is 0 Å². The summed E-state index contributed by atoms with van der Waals surface area (Å²) in [6.45, 7) is 7.47. The number of unbranched alkanes of at least 4 members (excludes halogenated alkanes) is 3. The molecule has 1 unspecified atom stereocenters. The van der Waals surface area contributed by atoms with Crippen LogP contribution in [0.4, 0.5) is 0 Å². The Kier molecular flexibility index (Phi) is 7.99. The summed E-state index contributed by atoms with van der Waals surface area (Å²) >= 11 is 0. The molecular formula is C26H33N3O2. The van der Waals surface area contributed by atoms with E-state index in [0.29, 0.717) is 11.5 Å². The van der Waals surface area contributed by atoms with Crippen LogP contribution >= 0.6 is 0 Å². The lowest BCUT2D eigenvalue weighted by molar-refractivity contribution is 0.0697. The Hall–Kier alpha value is -2.95. The molecule has 0 bridgehead atoms. The molecule has 31 heavy (non-hydrogen) atoms. The predicted octanol–water partition coefficient (Wildman–Crippen LogP) is 6.33. The first-order chi connectivity index (χ1) is 15.0. The van der Waals surface area contributed by atoms with Crippen molar-refractivity contribution < 1.29 is 9.90 Å². The van der Waals surface area contributed by atoms with Gasteiger partial charge in [-0.2, -0.15) is 5.10 Å². The fraction of sp³-hybridized carbons (Fsp3) is 0.423. The van der Waals surface area contributed by atoms with Crippen molar-refractivity contribution >= 4 is 5.97 Å². The lowest BCUT2D eigenvalue weighted by Crippen LogP contribution is -2.07. The minimum atomic E-state index is -0.909. The largest absolute Gasteiger partial charge is 0.478 e. The standard InChI is InChI=1S/C26H33N3O2/c1-4-6-7-10-17-29-24(27-25(28-29)19(3)5-2)18-20-13-15-21(16-14-20)22-11-8-9-12-23(22)26(30)31/h8-9,11-16,19H,4-7,10,17-18H2,1-3H3,(H,30,31). The van der Waals surface area contributed by atoms with Crippen LogP contribution < -0.4 is 0 Å². The highest BCUT2D eigenvalue weighted by Gasteiger charge is 2.15. The Labute approximate surface area is 185 Å². The molecule has 1 heterocycles. The maximum atomic E-state index is 11.5. The number of hydrogen-bond donors (Lipinski definition) is 1. The van der Waals surface area contributed by atoms with E-state index in [4.69, 9.17) is 10.1 Å². The van der Waals surface area contributed by atoms with Gasteiger partial charge >= 0.3 is 5.97 Å². The quantitative estimate of drug-likeness (QED) is 0.369.